The number of pyridine rings is 1. The van der Waals surface area contributed by atoms with E-state index < -0.39 is 0 Å². The van der Waals surface area contributed by atoms with Gasteiger partial charge < -0.3 is 10.6 Å². The molecule has 13 heavy (non-hydrogen) atoms. The number of aryl methyl sites for hydroxylation is 1. The lowest BCUT2D eigenvalue weighted by Gasteiger charge is -2.13. The summed E-state index contributed by atoms with van der Waals surface area (Å²) in [5, 5.41) is 0. The molecule has 0 spiro atoms. The van der Waals surface area contributed by atoms with Crippen LogP contribution in [0.3, 0.4) is 0 Å². The minimum atomic E-state index is 0.411. The third kappa shape index (κ3) is 2.39. The van der Waals surface area contributed by atoms with Gasteiger partial charge in [0.05, 0.1) is 0 Å². The van der Waals surface area contributed by atoms with Gasteiger partial charge in [-0.15, -0.1) is 0 Å². The molecule has 0 aliphatic heterocycles. The van der Waals surface area contributed by atoms with Crippen molar-refractivity contribution in [2.24, 2.45) is 5.73 Å². The molecule has 0 saturated carbocycles. The summed E-state index contributed by atoms with van der Waals surface area (Å²) in [6, 6.07) is 3.77. The van der Waals surface area contributed by atoms with E-state index in [4.69, 9.17) is 18.0 Å². The third-order valence-electron chi connectivity index (χ3n) is 1.68. The van der Waals surface area contributed by atoms with Crippen LogP contribution in [0, 0.1) is 6.92 Å². The van der Waals surface area contributed by atoms with E-state index in [1.807, 2.05) is 38.1 Å². The lowest BCUT2D eigenvalue weighted by Crippen LogP contribution is -2.15. The minimum Gasteiger partial charge on any atom is -0.389 e. The summed E-state index contributed by atoms with van der Waals surface area (Å²) in [7, 11) is 3.87. The van der Waals surface area contributed by atoms with Gasteiger partial charge in [0.1, 0.15) is 10.8 Å². The highest BCUT2D eigenvalue weighted by Gasteiger charge is 2.03. The molecule has 1 heterocycles. The molecule has 0 bridgehead atoms. The average molecular weight is 195 g/mol. The predicted octanol–water partition coefficient (Wildman–Crippen LogP) is 1.09. The quantitative estimate of drug-likeness (QED) is 0.717. The number of anilines is 1. The molecule has 0 aliphatic rings. The van der Waals surface area contributed by atoms with Gasteiger partial charge in [-0.1, -0.05) is 12.2 Å². The molecule has 0 radical (unpaired) electrons. The van der Waals surface area contributed by atoms with Crippen molar-refractivity contribution < 1.29 is 0 Å². The van der Waals surface area contributed by atoms with E-state index >= 15 is 0 Å². The molecule has 0 atom stereocenters. The second kappa shape index (κ2) is 3.70. The van der Waals surface area contributed by atoms with Crippen molar-refractivity contribution in [2.45, 2.75) is 6.92 Å². The smallest absolute Gasteiger partial charge is 0.128 e. The summed E-state index contributed by atoms with van der Waals surface area (Å²) in [5.41, 5.74) is 7.33. The first-order chi connectivity index (χ1) is 6.00. The van der Waals surface area contributed by atoms with Crippen molar-refractivity contribution in [1.82, 2.24) is 4.98 Å². The van der Waals surface area contributed by atoms with Gasteiger partial charge in [0.15, 0.2) is 0 Å². The molecule has 2 N–H and O–H groups in total. The van der Waals surface area contributed by atoms with Crippen LogP contribution >= 0.6 is 12.2 Å². The Morgan fingerprint density at radius 3 is 2.54 bits per heavy atom. The van der Waals surface area contributed by atoms with Gasteiger partial charge in [0.2, 0.25) is 0 Å². The van der Waals surface area contributed by atoms with E-state index in [1.165, 1.54) is 0 Å². The van der Waals surface area contributed by atoms with Crippen LogP contribution in [0.5, 0.6) is 0 Å². The number of hydrogen-bond donors (Lipinski definition) is 1. The fourth-order valence-electron chi connectivity index (χ4n) is 1.02. The molecule has 0 saturated heterocycles. The van der Waals surface area contributed by atoms with Crippen LogP contribution in [-0.2, 0) is 0 Å². The monoisotopic (exact) mass is 195 g/mol. The van der Waals surface area contributed by atoms with Gasteiger partial charge in [-0.05, 0) is 19.1 Å². The Balaban J connectivity index is 3.19. The molecule has 70 valence electrons. The largest absolute Gasteiger partial charge is 0.389 e. The number of nitrogens with zero attached hydrogens (tertiary/aromatic N) is 2. The number of aromatic nitrogens is 1. The van der Waals surface area contributed by atoms with Crippen molar-refractivity contribution >= 4 is 23.0 Å². The number of nitrogens with two attached hydrogens (primary N) is 1. The van der Waals surface area contributed by atoms with Gasteiger partial charge >= 0.3 is 0 Å². The maximum absolute atomic E-state index is 5.54. The van der Waals surface area contributed by atoms with Crippen molar-refractivity contribution in [1.29, 1.82) is 0 Å². The zero-order chi connectivity index (χ0) is 10.0. The van der Waals surface area contributed by atoms with Crippen LogP contribution < -0.4 is 10.6 Å². The van der Waals surface area contributed by atoms with E-state index in [-0.39, 0.29) is 0 Å². The lowest BCUT2D eigenvalue weighted by atomic mass is 10.2. The summed E-state index contributed by atoms with van der Waals surface area (Å²) >= 11 is 4.90. The van der Waals surface area contributed by atoms with Gasteiger partial charge in [-0.2, -0.15) is 0 Å². The molecule has 1 aromatic rings. The van der Waals surface area contributed by atoms with Crippen molar-refractivity contribution in [3.05, 3.63) is 23.4 Å². The van der Waals surface area contributed by atoms with E-state index in [1.54, 1.807) is 0 Å². The van der Waals surface area contributed by atoms with Crippen LogP contribution in [0.25, 0.3) is 0 Å². The topological polar surface area (TPSA) is 42.1 Å². The molecular weight excluding hydrogens is 182 g/mol. The van der Waals surface area contributed by atoms with E-state index in [9.17, 15) is 0 Å². The first kappa shape index (κ1) is 9.92. The fraction of sp³-hybridized carbons (Fsp3) is 0.333. The number of hydrogen-bond acceptors (Lipinski definition) is 3. The molecule has 0 aromatic carbocycles. The molecule has 0 aliphatic carbocycles. The summed E-state index contributed by atoms with van der Waals surface area (Å²) in [5.74, 6) is 0.878. The normalized spacial score (nSPS) is 9.77. The standard InChI is InChI=1S/C9H13N3S/c1-6-4-7(9(10)13)5-8(11-6)12(2)3/h4-5H,1-3H3,(H2,10,13). The second-order valence-corrected chi connectivity index (χ2v) is 3.55. The van der Waals surface area contributed by atoms with Gasteiger partial charge in [0.25, 0.3) is 0 Å². The maximum atomic E-state index is 5.54. The predicted molar refractivity (Wildman–Crippen MR) is 59.2 cm³/mol. The van der Waals surface area contributed by atoms with Crippen LogP contribution in [0.4, 0.5) is 5.82 Å². The van der Waals surface area contributed by atoms with E-state index in [0.29, 0.717) is 4.99 Å². The van der Waals surface area contributed by atoms with Gasteiger partial charge in [-0.3, -0.25) is 0 Å². The Hall–Kier alpha value is -1.16. The SMILES string of the molecule is Cc1cc(C(N)=S)cc(N(C)C)n1. The Kier molecular flexibility index (Phi) is 2.83. The molecule has 1 rings (SSSR count). The first-order valence-corrected chi connectivity index (χ1v) is 4.37. The highest BCUT2D eigenvalue weighted by atomic mass is 32.1. The van der Waals surface area contributed by atoms with E-state index in [0.717, 1.165) is 17.1 Å². The zero-order valence-corrected chi connectivity index (χ0v) is 8.85. The molecular formula is C9H13N3S. The summed E-state index contributed by atoms with van der Waals surface area (Å²) in [6.45, 7) is 1.93. The highest BCUT2D eigenvalue weighted by molar-refractivity contribution is 7.80. The van der Waals surface area contributed by atoms with Crippen molar-refractivity contribution in [3.8, 4) is 0 Å². The second-order valence-electron chi connectivity index (χ2n) is 3.11. The third-order valence-corrected chi connectivity index (χ3v) is 1.92. The summed E-state index contributed by atoms with van der Waals surface area (Å²) < 4.78 is 0. The van der Waals surface area contributed by atoms with Crippen LogP contribution in [0.1, 0.15) is 11.3 Å². The molecule has 0 amide bonds. The fourth-order valence-corrected chi connectivity index (χ4v) is 1.14. The average Bonchev–Trinajstić information content (AvgIpc) is 2.03. The maximum Gasteiger partial charge on any atom is 0.128 e. The van der Waals surface area contributed by atoms with Crippen LogP contribution in [0.2, 0.25) is 0 Å². The zero-order valence-electron chi connectivity index (χ0n) is 8.03. The van der Waals surface area contributed by atoms with Crippen molar-refractivity contribution in [3.63, 3.8) is 0 Å². The Morgan fingerprint density at radius 1 is 1.46 bits per heavy atom. The van der Waals surface area contributed by atoms with Crippen LogP contribution in [0.15, 0.2) is 12.1 Å². The summed E-state index contributed by atoms with van der Waals surface area (Å²) in [6.07, 6.45) is 0. The molecule has 0 unspecified atom stereocenters. The van der Waals surface area contributed by atoms with E-state index in [2.05, 4.69) is 4.98 Å². The Labute approximate surface area is 83.6 Å². The minimum absolute atomic E-state index is 0.411. The lowest BCUT2D eigenvalue weighted by molar-refractivity contribution is 1.04. The van der Waals surface area contributed by atoms with Gasteiger partial charge in [-0.25, -0.2) is 4.98 Å². The number of rotatable bonds is 2. The Bertz CT molecular complexity index is 334. The Morgan fingerprint density at radius 2 is 2.08 bits per heavy atom. The highest BCUT2D eigenvalue weighted by Crippen LogP contribution is 2.12. The molecule has 4 heteroatoms. The molecule has 1 aromatic heterocycles. The first-order valence-electron chi connectivity index (χ1n) is 3.96. The number of thiocarbonyl (C=S) groups is 1. The molecule has 3 nitrogen and oxygen atoms in total. The van der Waals surface area contributed by atoms with Gasteiger partial charge in [0, 0.05) is 25.4 Å². The van der Waals surface area contributed by atoms with Crippen molar-refractivity contribution in [2.75, 3.05) is 19.0 Å². The molecule has 0 fully saturated rings. The summed E-state index contributed by atoms with van der Waals surface area (Å²) in [4.78, 5) is 6.66. The van der Waals surface area contributed by atoms with Crippen LogP contribution in [-0.4, -0.2) is 24.1 Å².